The molecule has 0 unspecified atom stereocenters. The number of hydrogen-bond donors (Lipinski definition) is 1. The van der Waals surface area contributed by atoms with Crippen molar-refractivity contribution in [2.45, 2.75) is 43.7 Å². The molecule has 0 aliphatic heterocycles. The summed E-state index contributed by atoms with van der Waals surface area (Å²) in [6.07, 6.45) is -4.57. The van der Waals surface area contributed by atoms with Crippen molar-refractivity contribution in [3.63, 3.8) is 0 Å². The highest BCUT2D eigenvalue weighted by molar-refractivity contribution is 7.91. The second kappa shape index (κ2) is 7.08. The fourth-order valence-electron chi connectivity index (χ4n) is 1.69. The predicted molar refractivity (Wildman–Crippen MR) is 76.8 cm³/mol. The lowest BCUT2D eigenvalue weighted by molar-refractivity contribution is -0.138. The first-order valence-electron chi connectivity index (χ1n) is 6.44. The van der Waals surface area contributed by atoms with Gasteiger partial charge in [-0.15, -0.1) is 11.3 Å². The van der Waals surface area contributed by atoms with E-state index in [-0.39, 0.29) is 4.21 Å². The summed E-state index contributed by atoms with van der Waals surface area (Å²) in [5, 5.41) is 4.68. The highest BCUT2D eigenvalue weighted by atomic mass is 32.2. The van der Waals surface area contributed by atoms with E-state index < -0.39 is 28.8 Å². The van der Waals surface area contributed by atoms with E-state index in [4.69, 9.17) is 0 Å². The molecule has 21 heavy (non-hydrogen) atoms. The monoisotopic (exact) mass is 344 g/mol. The zero-order chi connectivity index (χ0) is 16.3. The van der Waals surface area contributed by atoms with Gasteiger partial charge in [-0.25, -0.2) is 8.42 Å². The quantitative estimate of drug-likeness (QED) is 0.827. The Morgan fingerprint density at radius 1 is 1.38 bits per heavy atom. The lowest BCUT2D eigenvalue weighted by Crippen LogP contribution is -2.42. The summed E-state index contributed by atoms with van der Waals surface area (Å²) in [5.41, 5.74) is 0.746. The third-order valence-corrected chi connectivity index (χ3v) is 6.17. The molecule has 0 atom stereocenters. The molecule has 1 aromatic rings. The second-order valence-corrected chi connectivity index (χ2v) is 7.84. The molecule has 0 spiro atoms. The minimum atomic E-state index is -4.57. The number of halogens is 3. The number of thiophene rings is 1. The molecule has 1 aromatic heterocycles. The summed E-state index contributed by atoms with van der Waals surface area (Å²) in [4.78, 5) is 0. The maximum atomic E-state index is 12.6. The van der Waals surface area contributed by atoms with Crippen molar-refractivity contribution in [1.29, 1.82) is 0 Å². The maximum Gasteiger partial charge on any atom is 0.402 e. The lowest BCUT2D eigenvalue weighted by atomic mass is 10.3. The molecule has 0 fully saturated rings. The smallest absolute Gasteiger partial charge is 0.313 e. The molecule has 9 heteroatoms. The van der Waals surface area contributed by atoms with Crippen LogP contribution in [0.4, 0.5) is 13.2 Å². The zero-order valence-corrected chi connectivity index (χ0v) is 13.7. The zero-order valence-electron chi connectivity index (χ0n) is 12.1. The van der Waals surface area contributed by atoms with Gasteiger partial charge in [-0.2, -0.15) is 17.5 Å². The van der Waals surface area contributed by atoms with Crippen LogP contribution >= 0.6 is 11.3 Å². The van der Waals surface area contributed by atoms with Gasteiger partial charge in [-0.3, -0.25) is 0 Å². The van der Waals surface area contributed by atoms with Crippen molar-refractivity contribution in [3.05, 3.63) is 17.0 Å². The van der Waals surface area contributed by atoms with Gasteiger partial charge in [0.1, 0.15) is 10.8 Å². The van der Waals surface area contributed by atoms with Crippen LogP contribution in [0.25, 0.3) is 0 Å². The first kappa shape index (κ1) is 18.4. The van der Waals surface area contributed by atoms with Crippen LogP contribution in [-0.4, -0.2) is 38.0 Å². The molecular formula is C12H19F3N2O2S2. The maximum absolute atomic E-state index is 12.6. The predicted octanol–water partition coefficient (Wildman–Crippen LogP) is 2.82. The molecule has 0 bridgehead atoms. The third kappa shape index (κ3) is 5.24. The number of nitrogens with one attached hydrogen (secondary N) is 1. The van der Waals surface area contributed by atoms with Crippen molar-refractivity contribution < 1.29 is 21.6 Å². The van der Waals surface area contributed by atoms with E-state index in [1.54, 1.807) is 5.38 Å². The van der Waals surface area contributed by atoms with Gasteiger partial charge >= 0.3 is 6.18 Å². The van der Waals surface area contributed by atoms with E-state index in [1.165, 1.54) is 19.9 Å². The number of rotatable bonds is 7. The lowest BCUT2D eigenvalue weighted by Gasteiger charge is -2.26. The Labute approximate surface area is 127 Å². The van der Waals surface area contributed by atoms with Gasteiger partial charge in [0.2, 0.25) is 0 Å². The van der Waals surface area contributed by atoms with Crippen molar-refractivity contribution in [2.24, 2.45) is 0 Å². The van der Waals surface area contributed by atoms with E-state index >= 15 is 0 Å². The van der Waals surface area contributed by atoms with E-state index in [1.807, 2.05) is 6.92 Å². The standard InChI is InChI=1S/C12H19F3N2O2S2/c1-4-16-6-10-5-11(20-7-10)21(18,19)17(9(2)3)8-12(13,14)15/h5,7,9,16H,4,6,8H2,1-3H3. The van der Waals surface area contributed by atoms with Crippen LogP contribution in [0, 0.1) is 0 Å². The molecule has 0 aliphatic rings. The molecule has 0 amide bonds. The second-order valence-electron chi connectivity index (χ2n) is 4.81. The minimum absolute atomic E-state index is 0.0617. The summed E-state index contributed by atoms with van der Waals surface area (Å²) >= 11 is 0.942. The molecule has 4 nitrogen and oxygen atoms in total. The largest absolute Gasteiger partial charge is 0.402 e. The van der Waals surface area contributed by atoms with Gasteiger partial charge in [-0.05, 0) is 37.4 Å². The van der Waals surface area contributed by atoms with E-state index in [0.29, 0.717) is 10.8 Å². The molecule has 0 saturated heterocycles. The van der Waals surface area contributed by atoms with E-state index in [2.05, 4.69) is 5.32 Å². The Kier molecular flexibility index (Phi) is 6.21. The van der Waals surface area contributed by atoms with Crippen LogP contribution in [0.3, 0.4) is 0 Å². The molecule has 1 rings (SSSR count). The van der Waals surface area contributed by atoms with Crippen LogP contribution in [0.1, 0.15) is 26.3 Å². The fourth-order valence-corrected chi connectivity index (χ4v) is 4.65. The van der Waals surface area contributed by atoms with Crippen molar-refractivity contribution in [3.8, 4) is 0 Å². The SMILES string of the molecule is CCNCc1csc(S(=O)(=O)N(CC(F)(F)F)C(C)C)c1. The van der Waals surface area contributed by atoms with Crippen LogP contribution in [0.15, 0.2) is 15.7 Å². The van der Waals surface area contributed by atoms with Crippen LogP contribution in [0.2, 0.25) is 0 Å². The topological polar surface area (TPSA) is 49.4 Å². The highest BCUT2D eigenvalue weighted by Gasteiger charge is 2.39. The van der Waals surface area contributed by atoms with E-state index in [9.17, 15) is 21.6 Å². The Bertz CT molecular complexity index is 553. The van der Waals surface area contributed by atoms with Crippen LogP contribution < -0.4 is 5.32 Å². The van der Waals surface area contributed by atoms with Crippen molar-refractivity contribution >= 4 is 21.4 Å². The summed E-state index contributed by atoms with van der Waals surface area (Å²) in [7, 11) is -4.13. The number of sulfonamides is 1. The molecular weight excluding hydrogens is 325 g/mol. The molecule has 0 radical (unpaired) electrons. The average Bonchev–Trinajstić information content (AvgIpc) is 2.81. The molecule has 122 valence electrons. The highest BCUT2D eigenvalue weighted by Crippen LogP contribution is 2.28. The van der Waals surface area contributed by atoms with Crippen molar-refractivity contribution in [2.75, 3.05) is 13.1 Å². The normalized spacial score (nSPS) is 13.3. The Morgan fingerprint density at radius 2 is 2.00 bits per heavy atom. The van der Waals surface area contributed by atoms with Gasteiger partial charge in [0.15, 0.2) is 0 Å². The average molecular weight is 344 g/mol. The molecule has 0 aliphatic carbocycles. The molecule has 0 saturated carbocycles. The summed E-state index contributed by atoms with van der Waals surface area (Å²) < 4.78 is 62.8. The third-order valence-electron chi connectivity index (χ3n) is 2.68. The van der Waals surface area contributed by atoms with Crippen LogP contribution in [0.5, 0.6) is 0 Å². The van der Waals surface area contributed by atoms with Crippen LogP contribution in [-0.2, 0) is 16.6 Å². The van der Waals surface area contributed by atoms with Gasteiger partial charge in [0, 0.05) is 12.6 Å². The Hall–Kier alpha value is -0.640. The van der Waals surface area contributed by atoms with Gasteiger partial charge in [0.25, 0.3) is 10.0 Å². The van der Waals surface area contributed by atoms with Crippen molar-refractivity contribution in [1.82, 2.24) is 9.62 Å². The number of hydrogen-bond acceptors (Lipinski definition) is 4. The molecule has 1 N–H and O–H groups in total. The molecule has 0 aromatic carbocycles. The number of nitrogens with zero attached hydrogens (tertiary/aromatic N) is 1. The first-order valence-corrected chi connectivity index (χ1v) is 8.76. The van der Waals surface area contributed by atoms with E-state index in [0.717, 1.165) is 23.4 Å². The van der Waals surface area contributed by atoms with Gasteiger partial charge < -0.3 is 5.32 Å². The van der Waals surface area contributed by atoms with Gasteiger partial charge in [0.05, 0.1) is 0 Å². The molecule has 1 heterocycles. The summed E-state index contributed by atoms with van der Waals surface area (Å²) in [6, 6.07) is 0.657. The first-order chi connectivity index (χ1) is 9.58. The Balaban J connectivity index is 3.03. The Morgan fingerprint density at radius 3 is 2.48 bits per heavy atom. The van der Waals surface area contributed by atoms with Gasteiger partial charge in [-0.1, -0.05) is 6.92 Å². The summed E-state index contributed by atoms with van der Waals surface area (Å²) in [6.45, 7) is 4.50. The number of alkyl halides is 3. The minimum Gasteiger partial charge on any atom is -0.313 e. The summed E-state index contributed by atoms with van der Waals surface area (Å²) in [5.74, 6) is 0. The fraction of sp³-hybridized carbons (Fsp3) is 0.667.